The lowest BCUT2D eigenvalue weighted by atomic mass is 9.72. The van der Waals surface area contributed by atoms with E-state index in [1.165, 1.54) is 5.56 Å². The summed E-state index contributed by atoms with van der Waals surface area (Å²) in [7, 11) is 1.68. The van der Waals surface area contributed by atoms with Crippen LogP contribution in [0.25, 0.3) is 0 Å². The van der Waals surface area contributed by atoms with Crippen molar-refractivity contribution in [2.45, 2.75) is 46.5 Å². The fraction of sp³-hybridized carbons (Fsp3) is 0.647. The summed E-state index contributed by atoms with van der Waals surface area (Å²) in [6, 6.07) is 8.45. The zero-order valence-electron chi connectivity index (χ0n) is 13.2. The first kappa shape index (κ1) is 16.0. The summed E-state index contributed by atoms with van der Waals surface area (Å²) in [4.78, 5) is 0. The van der Waals surface area contributed by atoms with Crippen molar-refractivity contribution in [2.24, 2.45) is 5.41 Å². The summed E-state index contributed by atoms with van der Waals surface area (Å²) in [5.74, 6) is 0.910. The molecule has 0 amide bonds. The Hall–Kier alpha value is -1.02. The van der Waals surface area contributed by atoms with Crippen molar-refractivity contribution < 1.29 is 9.47 Å². The van der Waals surface area contributed by atoms with Crippen LogP contribution < -0.4 is 4.74 Å². The van der Waals surface area contributed by atoms with Crippen molar-refractivity contribution >= 4 is 0 Å². The van der Waals surface area contributed by atoms with Gasteiger partial charge in [0.15, 0.2) is 0 Å². The topological polar surface area (TPSA) is 18.5 Å². The molecule has 1 rings (SSSR count). The van der Waals surface area contributed by atoms with Crippen LogP contribution in [0.15, 0.2) is 24.3 Å². The summed E-state index contributed by atoms with van der Waals surface area (Å²) in [6.45, 7) is 12.7. The second kappa shape index (κ2) is 6.42. The third kappa shape index (κ3) is 5.65. The number of benzene rings is 1. The molecule has 2 heteroatoms. The molecule has 0 heterocycles. The van der Waals surface area contributed by atoms with Gasteiger partial charge in [0.2, 0.25) is 0 Å². The second-order valence-corrected chi connectivity index (χ2v) is 6.99. The van der Waals surface area contributed by atoms with E-state index in [0.29, 0.717) is 18.6 Å². The van der Waals surface area contributed by atoms with Gasteiger partial charge in [0.05, 0.1) is 6.61 Å². The van der Waals surface area contributed by atoms with E-state index in [1.54, 1.807) is 7.11 Å². The first-order valence-electron chi connectivity index (χ1n) is 6.97. The molecule has 0 spiro atoms. The van der Waals surface area contributed by atoms with Crippen molar-refractivity contribution in [3.63, 3.8) is 0 Å². The van der Waals surface area contributed by atoms with Crippen molar-refractivity contribution in [3.05, 3.63) is 29.8 Å². The minimum atomic E-state index is 0.184. The fourth-order valence-electron chi connectivity index (χ4n) is 2.67. The van der Waals surface area contributed by atoms with Gasteiger partial charge >= 0.3 is 0 Å². The van der Waals surface area contributed by atoms with Crippen LogP contribution in [0.3, 0.4) is 0 Å². The highest BCUT2D eigenvalue weighted by atomic mass is 16.5. The van der Waals surface area contributed by atoms with E-state index in [-0.39, 0.29) is 5.41 Å². The van der Waals surface area contributed by atoms with Crippen LogP contribution in [0.1, 0.15) is 46.6 Å². The molecule has 0 aromatic heterocycles. The van der Waals surface area contributed by atoms with Crippen LogP contribution in [0.2, 0.25) is 0 Å². The molecule has 0 aliphatic heterocycles. The lowest BCUT2D eigenvalue weighted by molar-refractivity contribution is 0.146. The maximum Gasteiger partial charge on any atom is 0.119 e. The summed E-state index contributed by atoms with van der Waals surface area (Å²) < 4.78 is 10.6. The Morgan fingerprint density at radius 1 is 0.895 bits per heavy atom. The second-order valence-electron chi connectivity index (χ2n) is 6.99. The Balaban J connectivity index is 2.69. The molecule has 19 heavy (non-hydrogen) atoms. The first-order valence-corrected chi connectivity index (χ1v) is 6.97. The van der Waals surface area contributed by atoms with Gasteiger partial charge in [-0.25, -0.2) is 0 Å². The van der Waals surface area contributed by atoms with Crippen molar-refractivity contribution in [1.82, 2.24) is 0 Å². The Kier molecular flexibility index (Phi) is 5.42. The fourth-order valence-corrected chi connectivity index (χ4v) is 2.67. The maximum atomic E-state index is 5.59. The minimum absolute atomic E-state index is 0.184. The Morgan fingerprint density at radius 3 is 1.95 bits per heavy atom. The molecule has 2 nitrogen and oxygen atoms in total. The van der Waals surface area contributed by atoms with Gasteiger partial charge in [-0.15, -0.1) is 0 Å². The van der Waals surface area contributed by atoms with E-state index in [9.17, 15) is 0 Å². The smallest absolute Gasteiger partial charge is 0.119 e. The molecule has 0 bridgehead atoms. The van der Waals surface area contributed by atoms with Gasteiger partial charge in [0.1, 0.15) is 12.4 Å². The number of hydrogen-bond donors (Lipinski definition) is 0. The molecule has 0 aliphatic carbocycles. The lowest BCUT2D eigenvalue weighted by Gasteiger charge is -2.33. The highest BCUT2D eigenvalue weighted by Crippen LogP contribution is 2.36. The first-order chi connectivity index (χ1) is 8.74. The van der Waals surface area contributed by atoms with Crippen LogP contribution in [-0.4, -0.2) is 20.3 Å². The standard InChI is InChI=1S/C17H28O2/c1-16(2,3)13-17(4,5)14-7-9-15(10-8-14)19-12-11-18-6/h7-10H,11-13H2,1-6H3. The summed E-state index contributed by atoms with van der Waals surface area (Å²) >= 11 is 0. The average Bonchev–Trinajstić information content (AvgIpc) is 2.27. The van der Waals surface area contributed by atoms with Crippen LogP contribution in [0.4, 0.5) is 0 Å². The normalized spacial score (nSPS) is 12.5. The molecule has 0 saturated heterocycles. The van der Waals surface area contributed by atoms with Crippen LogP contribution in [0.5, 0.6) is 5.75 Å². The Morgan fingerprint density at radius 2 is 1.47 bits per heavy atom. The minimum Gasteiger partial charge on any atom is -0.491 e. The highest BCUT2D eigenvalue weighted by molar-refractivity contribution is 5.31. The zero-order valence-corrected chi connectivity index (χ0v) is 13.2. The summed E-state index contributed by atoms with van der Waals surface area (Å²) in [5, 5.41) is 0. The van der Waals surface area contributed by atoms with Gasteiger partial charge < -0.3 is 9.47 Å². The van der Waals surface area contributed by atoms with Gasteiger partial charge in [0, 0.05) is 7.11 Å². The third-order valence-electron chi connectivity index (χ3n) is 3.16. The Bertz CT molecular complexity index is 371. The molecule has 0 fully saturated rings. The monoisotopic (exact) mass is 264 g/mol. The van der Waals surface area contributed by atoms with Crippen molar-refractivity contribution in [1.29, 1.82) is 0 Å². The average molecular weight is 264 g/mol. The number of hydrogen-bond acceptors (Lipinski definition) is 2. The van der Waals surface area contributed by atoms with Gasteiger partial charge in [-0.2, -0.15) is 0 Å². The summed E-state index contributed by atoms with van der Waals surface area (Å²) in [5.41, 5.74) is 1.88. The van der Waals surface area contributed by atoms with Gasteiger partial charge in [-0.1, -0.05) is 46.8 Å². The van der Waals surface area contributed by atoms with E-state index in [1.807, 2.05) is 0 Å². The molecule has 1 aromatic carbocycles. The predicted octanol–water partition coefficient (Wildman–Crippen LogP) is 4.43. The molecular formula is C17H28O2. The number of ether oxygens (including phenoxy) is 2. The molecule has 0 aliphatic rings. The number of rotatable bonds is 6. The van der Waals surface area contributed by atoms with E-state index < -0.39 is 0 Å². The SMILES string of the molecule is COCCOc1ccc(C(C)(C)CC(C)(C)C)cc1. The number of methoxy groups -OCH3 is 1. The van der Waals surface area contributed by atoms with Crippen LogP contribution >= 0.6 is 0 Å². The predicted molar refractivity (Wildman–Crippen MR) is 80.9 cm³/mol. The van der Waals surface area contributed by atoms with Gasteiger partial charge in [-0.3, -0.25) is 0 Å². The molecule has 0 N–H and O–H groups in total. The van der Waals surface area contributed by atoms with E-state index in [0.717, 1.165) is 12.2 Å². The molecule has 1 aromatic rings. The highest BCUT2D eigenvalue weighted by Gasteiger charge is 2.27. The molecule has 0 radical (unpaired) electrons. The zero-order chi connectivity index (χ0) is 14.5. The van der Waals surface area contributed by atoms with Crippen LogP contribution in [-0.2, 0) is 10.2 Å². The molecule has 0 atom stereocenters. The molecular weight excluding hydrogens is 236 g/mol. The largest absolute Gasteiger partial charge is 0.491 e. The molecule has 0 saturated carbocycles. The van der Waals surface area contributed by atoms with Crippen molar-refractivity contribution in [3.8, 4) is 5.75 Å². The molecule has 108 valence electrons. The van der Waals surface area contributed by atoms with Crippen LogP contribution in [0, 0.1) is 5.41 Å². The van der Waals surface area contributed by atoms with E-state index >= 15 is 0 Å². The van der Waals surface area contributed by atoms with E-state index in [4.69, 9.17) is 9.47 Å². The van der Waals surface area contributed by atoms with Gasteiger partial charge in [-0.05, 0) is 34.9 Å². The Labute approximate surface area is 118 Å². The van der Waals surface area contributed by atoms with E-state index in [2.05, 4.69) is 58.9 Å². The maximum absolute atomic E-state index is 5.59. The van der Waals surface area contributed by atoms with Crippen molar-refractivity contribution in [2.75, 3.05) is 20.3 Å². The van der Waals surface area contributed by atoms with Gasteiger partial charge in [0.25, 0.3) is 0 Å². The quantitative estimate of drug-likeness (QED) is 0.708. The summed E-state index contributed by atoms with van der Waals surface area (Å²) in [6.07, 6.45) is 1.16. The third-order valence-corrected chi connectivity index (χ3v) is 3.16. The lowest BCUT2D eigenvalue weighted by Crippen LogP contribution is -2.24. The molecule has 0 unspecified atom stereocenters.